The van der Waals surface area contributed by atoms with E-state index in [1.165, 1.54) is 0 Å². The molecule has 0 saturated carbocycles. The fourth-order valence-electron chi connectivity index (χ4n) is 3.48. The van der Waals surface area contributed by atoms with Gasteiger partial charge in [-0.15, -0.1) is 0 Å². The minimum atomic E-state index is -0.249. The molecule has 0 bridgehead atoms. The van der Waals surface area contributed by atoms with Crippen molar-refractivity contribution in [3.8, 4) is 17.0 Å². The highest BCUT2D eigenvalue weighted by molar-refractivity contribution is 6.33. The number of nitrogens with one attached hydrogen (secondary N) is 1. The zero-order valence-electron chi connectivity index (χ0n) is 15.7. The van der Waals surface area contributed by atoms with Gasteiger partial charge in [0.2, 0.25) is 5.95 Å². The SMILES string of the molecule is COc1ccc(Cl)c(Nc2nccc(-c3cnc4c(c3)C(C)(CO)CC4)n2)c1. The lowest BCUT2D eigenvalue weighted by atomic mass is 9.85. The van der Waals surface area contributed by atoms with E-state index in [1.807, 2.05) is 12.3 Å². The number of hydrogen-bond donors (Lipinski definition) is 2. The van der Waals surface area contributed by atoms with Gasteiger partial charge in [0.05, 0.1) is 30.1 Å². The van der Waals surface area contributed by atoms with E-state index in [1.54, 1.807) is 31.5 Å². The molecular formula is C21H21ClN4O2. The summed E-state index contributed by atoms with van der Waals surface area (Å²) in [6.45, 7) is 2.18. The van der Waals surface area contributed by atoms with E-state index in [4.69, 9.17) is 16.3 Å². The van der Waals surface area contributed by atoms with Gasteiger partial charge >= 0.3 is 0 Å². The minimum absolute atomic E-state index is 0.107. The number of aliphatic hydroxyl groups excluding tert-OH is 1. The molecule has 2 heterocycles. The quantitative estimate of drug-likeness (QED) is 0.674. The van der Waals surface area contributed by atoms with Crippen LogP contribution in [0, 0.1) is 0 Å². The molecule has 0 saturated heterocycles. The molecule has 6 nitrogen and oxygen atoms in total. The second-order valence-electron chi connectivity index (χ2n) is 7.17. The monoisotopic (exact) mass is 396 g/mol. The molecule has 1 atom stereocenters. The van der Waals surface area contributed by atoms with E-state index in [0.717, 1.165) is 35.4 Å². The van der Waals surface area contributed by atoms with Crippen LogP contribution < -0.4 is 10.1 Å². The summed E-state index contributed by atoms with van der Waals surface area (Å²) in [6.07, 6.45) is 5.31. The van der Waals surface area contributed by atoms with Crippen molar-refractivity contribution in [1.29, 1.82) is 0 Å². The maximum absolute atomic E-state index is 9.82. The largest absolute Gasteiger partial charge is 0.497 e. The number of fused-ring (bicyclic) bond motifs is 1. The van der Waals surface area contributed by atoms with E-state index in [0.29, 0.717) is 22.4 Å². The third kappa shape index (κ3) is 3.41. The second-order valence-corrected chi connectivity index (χ2v) is 7.58. The van der Waals surface area contributed by atoms with Gasteiger partial charge in [-0.1, -0.05) is 18.5 Å². The molecule has 2 N–H and O–H groups in total. The van der Waals surface area contributed by atoms with Gasteiger partial charge in [0.15, 0.2) is 0 Å². The summed E-state index contributed by atoms with van der Waals surface area (Å²) in [4.78, 5) is 13.5. The molecule has 1 aliphatic carbocycles. The first-order valence-electron chi connectivity index (χ1n) is 9.07. The Labute approximate surface area is 168 Å². The lowest BCUT2D eigenvalue weighted by molar-refractivity contribution is 0.206. The number of aliphatic hydroxyl groups is 1. The molecule has 0 spiro atoms. The predicted molar refractivity (Wildman–Crippen MR) is 109 cm³/mol. The third-order valence-electron chi connectivity index (χ3n) is 5.25. The molecule has 0 aliphatic heterocycles. The van der Waals surface area contributed by atoms with Gasteiger partial charge in [-0.05, 0) is 42.7 Å². The Morgan fingerprint density at radius 2 is 2.11 bits per heavy atom. The number of ether oxygens (including phenoxy) is 1. The molecular weight excluding hydrogens is 376 g/mol. The Balaban J connectivity index is 1.66. The Kier molecular flexibility index (Phi) is 4.91. The first kappa shape index (κ1) is 18.7. The van der Waals surface area contributed by atoms with Gasteiger partial charge in [-0.3, -0.25) is 4.98 Å². The van der Waals surface area contributed by atoms with Crippen LogP contribution >= 0.6 is 11.6 Å². The van der Waals surface area contributed by atoms with E-state index in [-0.39, 0.29) is 12.0 Å². The summed E-state index contributed by atoms with van der Waals surface area (Å²) in [5.74, 6) is 1.12. The Morgan fingerprint density at radius 3 is 2.89 bits per heavy atom. The van der Waals surface area contributed by atoms with Crippen molar-refractivity contribution in [2.24, 2.45) is 0 Å². The highest BCUT2D eigenvalue weighted by Gasteiger charge is 2.34. The lowest BCUT2D eigenvalue weighted by Gasteiger charge is -2.22. The van der Waals surface area contributed by atoms with Crippen LogP contribution in [0.15, 0.2) is 42.7 Å². The second kappa shape index (κ2) is 7.37. The van der Waals surface area contributed by atoms with Crippen LogP contribution in [0.2, 0.25) is 5.02 Å². The highest BCUT2D eigenvalue weighted by atomic mass is 35.5. The number of halogens is 1. The topological polar surface area (TPSA) is 80.2 Å². The lowest BCUT2D eigenvalue weighted by Crippen LogP contribution is -2.23. The van der Waals surface area contributed by atoms with Gasteiger partial charge in [0.25, 0.3) is 0 Å². The first-order valence-corrected chi connectivity index (χ1v) is 9.44. The van der Waals surface area contributed by atoms with Crippen LogP contribution in [-0.4, -0.2) is 33.8 Å². The molecule has 0 amide bonds. The molecule has 0 fully saturated rings. The molecule has 1 unspecified atom stereocenters. The molecule has 2 aromatic heterocycles. The summed E-state index contributed by atoms with van der Waals surface area (Å²) in [6, 6.07) is 9.26. The van der Waals surface area contributed by atoms with E-state index < -0.39 is 0 Å². The van der Waals surface area contributed by atoms with Crippen LogP contribution in [0.3, 0.4) is 0 Å². The van der Waals surface area contributed by atoms with E-state index in [9.17, 15) is 5.11 Å². The minimum Gasteiger partial charge on any atom is -0.497 e. The maximum atomic E-state index is 9.82. The molecule has 28 heavy (non-hydrogen) atoms. The van der Waals surface area contributed by atoms with Crippen LogP contribution in [0.1, 0.15) is 24.6 Å². The zero-order valence-corrected chi connectivity index (χ0v) is 16.5. The van der Waals surface area contributed by atoms with Crippen LogP contribution in [0.5, 0.6) is 5.75 Å². The Bertz CT molecular complexity index is 1030. The standard InChI is InChI=1S/C21H21ClN4O2/c1-21(12-27)7-5-18-15(21)9-13(11-24-18)17-6-8-23-20(25-17)26-19-10-14(28-2)3-4-16(19)22/h3-4,6,8-11,27H,5,7,12H2,1-2H3,(H,23,25,26). The summed E-state index contributed by atoms with van der Waals surface area (Å²) in [7, 11) is 1.60. The number of anilines is 2. The third-order valence-corrected chi connectivity index (χ3v) is 5.58. The average molecular weight is 397 g/mol. The van der Waals surface area contributed by atoms with Crippen LogP contribution in [0.25, 0.3) is 11.3 Å². The number of aryl methyl sites for hydroxylation is 1. The summed E-state index contributed by atoms with van der Waals surface area (Å²) < 4.78 is 5.25. The molecule has 0 radical (unpaired) electrons. The van der Waals surface area contributed by atoms with Crippen molar-refractivity contribution >= 4 is 23.2 Å². The highest BCUT2D eigenvalue weighted by Crippen LogP contribution is 2.39. The molecule has 144 valence electrons. The molecule has 1 aliphatic rings. The van der Waals surface area contributed by atoms with Crippen molar-refractivity contribution in [3.63, 3.8) is 0 Å². The Hall–Kier alpha value is -2.70. The fourth-order valence-corrected chi connectivity index (χ4v) is 3.64. The van der Waals surface area contributed by atoms with Crippen molar-refractivity contribution in [2.45, 2.75) is 25.2 Å². The van der Waals surface area contributed by atoms with Crippen LogP contribution in [0.4, 0.5) is 11.6 Å². The molecule has 7 heteroatoms. The molecule has 3 aromatic rings. The number of hydrogen-bond acceptors (Lipinski definition) is 6. The summed E-state index contributed by atoms with van der Waals surface area (Å²) >= 11 is 6.26. The van der Waals surface area contributed by atoms with Gasteiger partial charge in [0.1, 0.15) is 5.75 Å². The predicted octanol–water partition coefficient (Wildman–Crippen LogP) is 4.14. The van der Waals surface area contributed by atoms with Crippen molar-refractivity contribution in [2.75, 3.05) is 19.0 Å². The van der Waals surface area contributed by atoms with E-state index in [2.05, 4.69) is 33.3 Å². The number of nitrogens with zero attached hydrogens (tertiary/aromatic N) is 3. The first-order chi connectivity index (χ1) is 13.5. The number of pyridine rings is 1. The van der Waals surface area contributed by atoms with Crippen LogP contribution in [-0.2, 0) is 11.8 Å². The normalized spacial score (nSPS) is 18.0. The molecule has 4 rings (SSSR count). The van der Waals surface area contributed by atoms with Crippen molar-refractivity contribution in [3.05, 3.63) is 59.0 Å². The van der Waals surface area contributed by atoms with Gasteiger partial charge < -0.3 is 15.2 Å². The number of methoxy groups -OCH3 is 1. The number of aromatic nitrogens is 3. The van der Waals surface area contributed by atoms with Crippen molar-refractivity contribution in [1.82, 2.24) is 15.0 Å². The van der Waals surface area contributed by atoms with E-state index >= 15 is 0 Å². The Morgan fingerprint density at radius 1 is 1.25 bits per heavy atom. The maximum Gasteiger partial charge on any atom is 0.227 e. The summed E-state index contributed by atoms with van der Waals surface area (Å²) in [5.41, 5.74) is 4.20. The summed E-state index contributed by atoms with van der Waals surface area (Å²) in [5, 5.41) is 13.5. The fraction of sp³-hybridized carbons (Fsp3) is 0.286. The number of benzene rings is 1. The zero-order chi connectivity index (χ0) is 19.7. The molecule has 1 aromatic carbocycles. The van der Waals surface area contributed by atoms with Gasteiger partial charge in [-0.25, -0.2) is 9.97 Å². The van der Waals surface area contributed by atoms with Gasteiger partial charge in [-0.2, -0.15) is 0 Å². The number of rotatable bonds is 5. The van der Waals surface area contributed by atoms with Gasteiger partial charge in [0, 0.05) is 35.1 Å². The average Bonchev–Trinajstić information content (AvgIpc) is 3.07. The van der Waals surface area contributed by atoms with Crippen molar-refractivity contribution < 1.29 is 9.84 Å². The smallest absolute Gasteiger partial charge is 0.227 e.